The van der Waals surface area contributed by atoms with Gasteiger partial charge in [0.05, 0.1) is 9.83 Å². The molecule has 2 aromatic carbocycles. The molecule has 8 nitrogen and oxygen atoms in total. The van der Waals surface area contributed by atoms with Crippen LogP contribution in [0.5, 0.6) is 5.75 Å². The highest BCUT2D eigenvalue weighted by atomic mass is 32.2. The molecule has 0 bridgehead atoms. The van der Waals surface area contributed by atoms with E-state index in [1.165, 1.54) is 35.6 Å². The van der Waals surface area contributed by atoms with Gasteiger partial charge in [-0.1, -0.05) is 24.3 Å². The van der Waals surface area contributed by atoms with Crippen LogP contribution in [0.1, 0.15) is 5.56 Å². The summed E-state index contributed by atoms with van der Waals surface area (Å²) >= 11 is 1.27. The Hall–Kier alpha value is -3.33. The molecule has 0 atom stereocenters. The summed E-state index contributed by atoms with van der Waals surface area (Å²) in [6.45, 7) is 3.18. The van der Waals surface area contributed by atoms with Crippen LogP contribution in [0.4, 0.5) is 11.4 Å². The molecule has 0 aliphatic carbocycles. The highest BCUT2D eigenvalue weighted by molar-refractivity contribution is 8.18. The maximum absolute atomic E-state index is 12.3. The molecule has 0 saturated carbocycles. The van der Waals surface area contributed by atoms with Gasteiger partial charge >= 0.3 is 5.69 Å². The van der Waals surface area contributed by atoms with Gasteiger partial charge in [0.25, 0.3) is 5.91 Å². The van der Waals surface area contributed by atoms with E-state index in [2.05, 4.69) is 26.9 Å². The van der Waals surface area contributed by atoms with Crippen molar-refractivity contribution in [3.05, 3.63) is 69.1 Å². The normalized spacial score (nSPS) is 18.3. The maximum Gasteiger partial charge on any atom is 0.311 e. The lowest BCUT2D eigenvalue weighted by Crippen LogP contribution is -2.47. The standard InChI is InChI=1S/C20H18N4O4S/c25-17-7-6-14(12-16(17)24(27)28)13-18-19(26)21-20(29-18)23-10-8-22(9-11-23)15-4-2-1-3-5-15/h1-7,12-13,25H,8-11H2/b18-13+. The molecule has 0 aromatic heterocycles. The van der Waals surface area contributed by atoms with Gasteiger partial charge in [0.2, 0.25) is 0 Å². The molecule has 0 radical (unpaired) electrons. The lowest BCUT2D eigenvalue weighted by molar-refractivity contribution is -0.385. The van der Waals surface area contributed by atoms with Crippen LogP contribution in [0.3, 0.4) is 0 Å². The minimum atomic E-state index is -0.658. The topological polar surface area (TPSA) is 99.3 Å². The summed E-state index contributed by atoms with van der Waals surface area (Å²) in [6, 6.07) is 14.2. The zero-order valence-electron chi connectivity index (χ0n) is 15.4. The van der Waals surface area contributed by atoms with Crippen molar-refractivity contribution in [2.75, 3.05) is 31.1 Å². The Bertz CT molecular complexity index is 1010. The van der Waals surface area contributed by atoms with Crippen molar-refractivity contribution in [3.8, 4) is 5.75 Å². The second-order valence-electron chi connectivity index (χ2n) is 6.63. The zero-order chi connectivity index (χ0) is 20.4. The number of amidine groups is 1. The molecule has 1 amide bonds. The lowest BCUT2D eigenvalue weighted by Gasteiger charge is -2.36. The number of aliphatic imine (C=N–C) groups is 1. The first kappa shape index (κ1) is 19.0. The molecule has 1 fully saturated rings. The Morgan fingerprint density at radius 1 is 1.07 bits per heavy atom. The summed E-state index contributed by atoms with van der Waals surface area (Å²) < 4.78 is 0. The molecule has 0 unspecified atom stereocenters. The van der Waals surface area contributed by atoms with Crippen molar-refractivity contribution < 1.29 is 14.8 Å². The van der Waals surface area contributed by atoms with Crippen LogP contribution in [0.15, 0.2) is 58.4 Å². The third-order valence-corrected chi connectivity index (χ3v) is 5.82. The fourth-order valence-corrected chi connectivity index (χ4v) is 4.22. The van der Waals surface area contributed by atoms with Crippen molar-refractivity contribution >= 4 is 40.3 Å². The molecule has 1 saturated heterocycles. The number of carbonyl (C=O) groups is 1. The number of aromatic hydroxyl groups is 1. The van der Waals surface area contributed by atoms with E-state index >= 15 is 0 Å². The Kier molecular flexibility index (Phi) is 5.22. The number of nitrogens with zero attached hydrogens (tertiary/aromatic N) is 4. The predicted molar refractivity (Wildman–Crippen MR) is 113 cm³/mol. The Balaban J connectivity index is 1.43. The van der Waals surface area contributed by atoms with Crippen LogP contribution in [0, 0.1) is 10.1 Å². The molecule has 4 rings (SSSR count). The summed E-state index contributed by atoms with van der Waals surface area (Å²) in [5.74, 6) is -0.762. The van der Waals surface area contributed by atoms with Gasteiger partial charge < -0.3 is 14.9 Å². The number of para-hydroxylation sites is 1. The number of hydrogen-bond acceptors (Lipinski definition) is 7. The van der Waals surface area contributed by atoms with Gasteiger partial charge in [0, 0.05) is 37.9 Å². The molecule has 9 heteroatoms. The van der Waals surface area contributed by atoms with Crippen LogP contribution < -0.4 is 4.90 Å². The molecule has 29 heavy (non-hydrogen) atoms. The number of hydrogen-bond donors (Lipinski definition) is 1. The predicted octanol–water partition coefficient (Wildman–Crippen LogP) is 3.09. The number of nitro groups is 1. The van der Waals surface area contributed by atoms with Gasteiger partial charge in [-0.15, -0.1) is 0 Å². The molecule has 2 heterocycles. The molecule has 0 spiro atoms. The number of phenolic OH excluding ortho intramolecular Hbond substituents is 1. The van der Waals surface area contributed by atoms with Gasteiger partial charge in [-0.25, -0.2) is 0 Å². The molecular formula is C20H18N4O4S. The van der Waals surface area contributed by atoms with Crippen LogP contribution >= 0.6 is 11.8 Å². The summed E-state index contributed by atoms with van der Waals surface area (Å²) in [5, 5.41) is 21.2. The van der Waals surface area contributed by atoms with Crippen LogP contribution in [-0.4, -0.2) is 52.2 Å². The molecule has 2 aliphatic rings. The SMILES string of the molecule is O=C1N=C(N2CCN(c3ccccc3)CC2)S/C1=C/c1ccc(O)c([N+](=O)[O-])c1. The summed E-state index contributed by atoms with van der Waals surface area (Å²) in [6.07, 6.45) is 1.57. The molecule has 148 valence electrons. The van der Waals surface area contributed by atoms with Gasteiger partial charge in [-0.2, -0.15) is 4.99 Å². The second-order valence-corrected chi connectivity index (χ2v) is 7.63. The number of benzene rings is 2. The summed E-state index contributed by atoms with van der Waals surface area (Å²) in [5.41, 5.74) is 1.25. The number of anilines is 1. The lowest BCUT2D eigenvalue weighted by atomic mass is 10.1. The molecule has 1 N–H and O–H groups in total. The van der Waals surface area contributed by atoms with E-state index in [1.54, 1.807) is 6.08 Å². The van der Waals surface area contributed by atoms with Crippen LogP contribution in [0.2, 0.25) is 0 Å². The van der Waals surface area contributed by atoms with E-state index in [0.29, 0.717) is 15.6 Å². The molecule has 2 aliphatic heterocycles. The monoisotopic (exact) mass is 410 g/mol. The third-order valence-electron chi connectivity index (χ3n) is 4.77. The Labute approximate surface area is 171 Å². The van der Waals surface area contributed by atoms with E-state index in [-0.39, 0.29) is 5.91 Å². The van der Waals surface area contributed by atoms with Gasteiger partial charge in [0.1, 0.15) is 0 Å². The van der Waals surface area contributed by atoms with Gasteiger partial charge in [0.15, 0.2) is 10.9 Å². The zero-order valence-corrected chi connectivity index (χ0v) is 16.2. The minimum Gasteiger partial charge on any atom is -0.502 e. The largest absolute Gasteiger partial charge is 0.502 e. The first-order valence-corrected chi connectivity index (χ1v) is 9.88. The van der Waals surface area contributed by atoms with Crippen molar-refractivity contribution in [2.24, 2.45) is 4.99 Å². The average Bonchev–Trinajstić information content (AvgIpc) is 3.10. The smallest absolute Gasteiger partial charge is 0.311 e. The highest BCUT2D eigenvalue weighted by Crippen LogP contribution is 2.33. The van der Waals surface area contributed by atoms with E-state index in [4.69, 9.17) is 0 Å². The highest BCUT2D eigenvalue weighted by Gasteiger charge is 2.28. The number of carbonyl (C=O) groups excluding carboxylic acids is 1. The number of rotatable bonds is 3. The van der Waals surface area contributed by atoms with Crippen LogP contribution in [0.25, 0.3) is 6.08 Å². The first-order valence-electron chi connectivity index (χ1n) is 9.06. The Morgan fingerprint density at radius 3 is 2.45 bits per heavy atom. The molecular weight excluding hydrogens is 392 g/mol. The van der Waals surface area contributed by atoms with Crippen molar-refractivity contribution in [3.63, 3.8) is 0 Å². The van der Waals surface area contributed by atoms with Gasteiger partial charge in [-0.3, -0.25) is 14.9 Å². The van der Waals surface area contributed by atoms with E-state index in [0.717, 1.165) is 26.2 Å². The third kappa shape index (κ3) is 4.09. The average molecular weight is 410 g/mol. The Morgan fingerprint density at radius 2 is 1.76 bits per heavy atom. The van der Waals surface area contributed by atoms with Crippen molar-refractivity contribution in [2.45, 2.75) is 0 Å². The minimum absolute atomic E-state index is 0.355. The summed E-state index contributed by atoms with van der Waals surface area (Å²) in [4.78, 5) is 31.6. The number of thioether (sulfide) groups is 1. The number of phenols is 1. The molecule has 2 aromatic rings. The van der Waals surface area contributed by atoms with Crippen molar-refractivity contribution in [1.29, 1.82) is 0 Å². The van der Waals surface area contributed by atoms with Gasteiger partial charge in [-0.05, 0) is 41.6 Å². The van der Waals surface area contributed by atoms with Crippen LogP contribution in [-0.2, 0) is 4.79 Å². The first-order chi connectivity index (χ1) is 14.0. The summed E-state index contributed by atoms with van der Waals surface area (Å²) in [7, 11) is 0. The van der Waals surface area contributed by atoms with E-state index < -0.39 is 16.4 Å². The second kappa shape index (κ2) is 7.96. The van der Waals surface area contributed by atoms with E-state index in [9.17, 15) is 20.0 Å². The van der Waals surface area contributed by atoms with E-state index in [1.807, 2.05) is 18.2 Å². The number of piperazine rings is 1. The quantitative estimate of drug-likeness (QED) is 0.471. The number of amides is 1. The fourth-order valence-electron chi connectivity index (χ4n) is 3.26. The maximum atomic E-state index is 12.3. The number of nitro benzene ring substituents is 1. The van der Waals surface area contributed by atoms with Crippen molar-refractivity contribution in [1.82, 2.24) is 4.90 Å². The fraction of sp³-hybridized carbons (Fsp3) is 0.200.